The number of nitrogens with two attached hydrogens (primary N) is 1. The Labute approximate surface area is 233 Å². The molecule has 0 saturated carbocycles. The van der Waals surface area contributed by atoms with Crippen molar-refractivity contribution < 1.29 is 31.1 Å². The minimum Gasteiger partial charge on any atom is -0.386 e. The Morgan fingerprint density at radius 1 is 1.18 bits per heavy atom. The largest absolute Gasteiger partial charge is 0.386 e. The molecule has 0 aliphatic carbocycles. The van der Waals surface area contributed by atoms with Crippen molar-refractivity contribution in [2.75, 3.05) is 25.6 Å². The molecule has 2 aromatic rings. The van der Waals surface area contributed by atoms with Gasteiger partial charge in [0.05, 0.1) is 18.9 Å². The number of methoxy groups -OCH3 is 1. The number of sulfone groups is 1. The molecule has 0 aliphatic heterocycles. The van der Waals surface area contributed by atoms with Crippen LogP contribution in [0, 0.1) is 17.6 Å². The van der Waals surface area contributed by atoms with E-state index in [2.05, 4.69) is 16.9 Å². The number of halogens is 3. The second kappa shape index (κ2) is 15.2. The lowest BCUT2D eigenvalue weighted by Gasteiger charge is -2.19. The van der Waals surface area contributed by atoms with Gasteiger partial charge in [0.25, 0.3) is 5.91 Å². The van der Waals surface area contributed by atoms with Gasteiger partial charge in [-0.15, -0.1) is 0 Å². The van der Waals surface area contributed by atoms with Crippen LogP contribution < -0.4 is 11.1 Å². The highest BCUT2D eigenvalue weighted by atomic mass is 32.2. The van der Waals surface area contributed by atoms with Gasteiger partial charge in [-0.1, -0.05) is 32.6 Å². The minimum atomic E-state index is -4.24. The van der Waals surface area contributed by atoms with Crippen molar-refractivity contribution in [2.24, 2.45) is 16.6 Å². The summed E-state index contributed by atoms with van der Waals surface area (Å²) in [5, 5.41) is 1.02. The molecule has 0 fully saturated rings. The summed E-state index contributed by atoms with van der Waals surface area (Å²) in [5.74, 6) is -3.63. The van der Waals surface area contributed by atoms with Crippen molar-refractivity contribution in [3.8, 4) is 0 Å². The number of benzene rings is 2. The number of carbonyl (C=O) groups is 1. The first-order valence-electron chi connectivity index (χ1n) is 12.5. The van der Waals surface area contributed by atoms with E-state index in [0.29, 0.717) is 0 Å². The monoisotopic (exact) mass is 577 g/mol. The Bertz CT molecular complexity index is 1390. The topological polar surface area (TPSA) is 111 Å². The van der Waals surface area contributed by atoms with Crippen LogP contribution >= 0.6 is 0 Å². The van der Waals surface area contributed by atoms with E-state index in [1.807, 2.05) is 13.8 Å². The summed E-state index contributed by atoms with van der Waals surface area (Å²) in [6.07, 6.45) is 4.49. The van der Waals surface area contributed by atoms with Crippen molar-refractivity contribution in [2.45, 2.75) is 31.3 Å². The zero-order valence-electron chi connectivity index (χ0n) is 22.7. The Kier molecular flexibility index (Phi) is 12.3. The number of anilines is 1. The lowest BCUT2D eigenvalue weighted by Crippen LogP contribution is -2.30. The lowest BCUT2D eigenvalue weighted by atomic mass is 10.1. The third-order valence-corrected chi connectivity index (χ3v) is 7.82. The first-order chi connectivity index (χ1) is 18.9. The number of allylic oxidation sites excluding steroid dienone is 3. The number of ether oxygens (including phenoxy) is 1. The molecule has 0 spiro atoms. The van der Waals surface area contributed by atoms with Gasteiger partial charge < -0.3 is 15.8 Å². The molecule has 0 aliphatic rings. The molecule has 2 aromatic carbocycles. The fraction of sp³-hybridized carbons (Fsp3) is 0.310. The third kappa shape index (κ3) is 9.80. The normalized spacial score (nSPS) is 14.2. The first-order valence-corrected chi connectivity index (χ1v) is 14.2. The number of amidine groups is 1. The van der Waals surface area contributed by atoms with E-state index < -0.39 is 44.2 Å². The van der Waals surface area contributed by atoms with Gasteiger partial charge in [-0.2, -0.15) is 0 Å². The number of nitrogens with zero attached hydrogens (tertiary/aromatic N) is 1. The molecule has 1 amide bonds. The lowest BCUT2D eigenvalue weighted by molar-refractivity contribution is -0.112. The molecule has 7 nitrogen and oxygen atoms in total. The number of carbonyl (C=O) groups excluding carboxylic acids is 1. The van der Waals surface area contributed by atoms with Crippen LogP contribution in [0.2, 0.25) is 0 Å². The van der Waals surface area contributed by atoms with Gasteiger partial charge in [-0.3, -0.25) is 9.79 Å². The SMILES string of the molecule is C=C(/C=C\C(F)=C/C(C)CC)C(=O)Nc1ccc(F)c(CS(=O)(=O)C(C(N)=NCCOC)c2ccc(F)cc2)c1. The summed E-state index contributed by atoms with van der Waals surface area (Å²) < 4.78 is 74.1. The number of aliphatic imine (C=N–C) groups is 1. The molecule has 216 valence electrons. The molecule has 0 aromatic heterocycles. The summed E-state index contributed by atoms with van der Waals surface area (Å²) in [6.45, 7) is 7.65. The van der Waals surface area contributed by atoms with Crippen LogP contribution in [0.5, 0.6) is 0 Å². The molecule has 2 rings (SSSR count). The highest BCUT2D eigenvalue weighted by Crippen LogP contribution is 2.28. The van der Waals surface area contributed by atoms with Crippen molar-refractivity contribution in [1.82, 2.24) is 0 Å². The van der Waals surface area contributed by atoms with Gasteiger partial charge >= 0.3 is 0 Å². The van der Waals surface area contributed by atoms with Crippen LogP contribution in [0.25, 0.3) is 0 Å². The summed E-state index contributed by atoms with van der Waals surface area (Å²) in [5.41, 5.74) is 5.99. The van der Waals surface area contributed by atoms with E-state index in [4.69, 9.17) is 10.5 Å². The summed E-state index contributed by atoms with van der Waals surface area (Å²) in [7, 11) is -2.79. The van der Waals surface area contributed by atoms with Crippen LogP contribution in [0.4, 0.5) is 18.9 Å². The van der Waals surface area contributed by atoms with Crippen LogP contribution in [0.3, 0.4) is 0 Å². The molecule has 0 heterocycles. The Morgan fingerprint density at radius 2 is 1.85 bits per heavy atom. The number of hydrogen-bond donors (Lipinski definition) is 2. The molecule has 0 bridgehead atoms. The van der Waals surface area contributed by atoms with E-state index in [-0.39, 0.29) is 47.3 Å². The van der Waals surface area contributed by atoms with Gasteiger partial charge in [0.1, 0.15) is 28.5 Å². The van der Waals surface area contributed by atoms with Crippen LogP contribution in [0.15, 0.2) is 83.7 Å². The summed E-state index contributed by atoms with van der Waals surface area (Å²) in [6, 6.07) is 8.14. The number of hydrogen-bond acceptors (Lipinski definition) is 5. The highest BCUT2D eigenvalue weighted by Gasteiger charge is 2.32. The van der Waals surface area contributed by atoms with E-state index in [9.17, 15) is 26.4 Å². The predicted octanol–water partition coefficient (Wildman–Crippen LogP) is 5.57. The van der Waals surface area contributed by atoms with E-state index >= 15 is 0 Å². The van der Waals surface area contributed by atoms with Crippen LogP contribution in [-0.4, -0.2) is 40.4 Å². The number of nitrogens with one attached hydrogen (secondary N) is 1. The van der Waals surface area contributed by atoms with E-state index in [1.165, 1.54) is 43.5 Å². The number of rotatable bonds is 14. The fourth-order valence-electron chi connectivity index (χ4n) is 3.52. The maximum absolute atomic E-state index is 14.7. The minimum absolute atomic E-state index is 0.0234. The Balaban J connectivity index is 2.30. The standard InChI is InChI=1S/C29H34F3N3O4S/c1-5-19(2)16-24(31)9-6-20(3)29(36)35-25-12-13-26(32)22(17-25)18-40(37,38)27(28(33)34-14-15-39-4)21-7-10-23(30)11-8-21/h6-13,16-17,19,27H,3,5,14-15,18H2,1-2,4H3,(H2,33,34)(H,35,36)/b9-6-,24-16+. The van der Waals surface area contributed by atoms with Crippen molar-refractivity contribution >= 4 is 27.3 Å². The Morgan fingerprint density at radius 3 is 2.48 bits per heavy atom. The van der Waals surface area contributed by atoms with Crippen LogP contribution in [0.1, 0.15) is 36.6 Å². The van der Waals surface area contributed by atoms with E-state index in [0.717, 1.165) is 30.7 Å². The molecule has 2 atom stereocenters. The fourth-order valence-corrected chi connectivity index (χ4v) is 5.36. The van der Waals surface area contributed by atoms with Crippen molar-refractivity contribution in [3.05, 3.63) is 101 Å². The average molecular weight is 578 g/mol. The van der Waals surface area contributed by atoms with Crippen molar-refractivity contribution in [3.63, 3.8) is 0 Å². The molecule has 40 heavy (non-hydrogen) atoms. The van der Waals surface area contributed by atoms with Gasteiger partial charge in [-0.05, 0) is 66.5 Å². The smallest absolute Gasteiger partial charge is 0.255 e. The van der Waals surface area contributed by atoms with Gasteiger partial charge in [0, 0.05) is 23.9 Å². The molecule has 0 radical (unpaired) electrons. The second-order valence-corrected chi connectivity index (χ2v) is 11.2. The number of amides is 1. The summed E-state index contributed by atoms with van der Waals surface area (Å²) >= 11 is 0. The molecule has 2 unspecified atom stereocenters. The molecule has 11 heteroatoms. The zero-order chi connectivity index (χ0) is 29.9. The Hall–Kier alpha value is -3.70. The van der Waals surface area contributed by atoms with E-state index in [1.54, 1.807) is 0 Å². The quantitative estimate of drug-likeness (QED) is 0.100. The van der Waals surface area contributed by atoms with Gasteiger partial charge in [0.15, 0.2) is 9.84 Å². The van der Waals surface area contributed by atoms with Gasteiger partial charge in [-0.25, -0.2) is 21.6 Å². The molecule has 3 N–H and O–H groups in total. The molecular weight excluding hydrogens is 543 g/mol. The molecular formula is C29H34F3N3O4S. The van der Waals surface area contributed by atoms with Crippen LogP contribution in [-0.2, 0) is 25.1 Å². The second-order valence-electron chi connectivity index (χ2n) is 9.09. The summed E-state index contributed by atoms with van der Waals surface area (Å²) in [4.78, 5) is 16.6. The zero-order valence-corrected chi connectivity index (χ0v) is 23.5. The first kappa shape index (κ1) is 32.5. The van der Waals surface area contributed by atoms with Crippen molar-refractivity contribution in [1.29, 1.82) is 0 Å². The predicted molar refractivity (Wildman–Crippen MR) is 152 cm³/mol. The average Bonchev–Trinajstić information content (AvgIpc) is 2.90. The maximum atomic E-state index is 14.7. The third-order valence-electron chi connectivity index (χ3n) is 5.87. The molecule has 0 saturated heterocycles. The highest BCUT2D eigenvalue weighted by molar-refractivity contribution is 7.91. The van der Waals surface area contributed by atoms with Gasteiger partial charge in [0.2, 0.25) is 0 Å². The maximum Gasteiger partial charge on any atom is 0.255 e.